The van der Waals surface area contributed by atoms with Gasteiger partial charge >= 0.3 is 6.09 Å². The number of benzene rings is 3. The number of thioether (sulfide) groups is 1. The van der Waals surface area contributed by atoms with Crippen molar-refractivity contribution >= 4 is 104 Å². The minimum atomic E-state index is -1.71. The summed E-state index contributed by atoms with van der Waals surface area (Å²) >= 11 is 18.2. The van der Waals surface area contributed by atoms with E-state index in [2.05, 4.69) is 20.9 Å². The minimum Gasteiger partial charge on any atom is -0.614 e. The Morgan fingerprint density at radius 2 is 1.68 bits per heavy atom. The molecule has 0 radical (unpaired) electrons. The Morgan fingerprint density at radius 3 is 2.32 bits per heavy atom. The van der Waals surface area contributed by atoms with Crippen LogP contribution in [0.3, 0.4) is 0 Å². The number of alkyl halides is 1. The van der Waals surface area contributed by atoms with Gasteiger partial charge in [0.05, 0.1) is 26.2 Å². The van der Waals surface area contributed by atoms with Crippen molar-refractivity contribution < 1.29 is 28.5 Å². The molecule has 1 saturated heterocycles. The summed E-state index contributed by atoms with van der Waals surface area (Å²) in [6, 6.07) is 22.2. The third kappa shape index (κ3) is 8.07. The molecular formula is C33H26Cl3N5O6S3. The zero-order valence-corrected chi connectivity index (χ0v) is 30.4. The Labute approximate surface area is 312 Å². The first kappa shape index (κ1) is 36.0. The average Bonchev–Trinajstić information content (AvgIpc) is 3.59. The van der Waals surface area contributed by atoms with Crippen molar-refractivity contribution in [1.82, 2.24) is 20.5 Å². The lowest BCUT2D eigenvalue weighted by molar-refractivity contribution is -0.146. The number of thiazole rings is 1. The number of fused-ring (bicyclic) bond motifs is 1. The van der Waals surface area contributed by atoms with Crippen molar-refractivity contribution in [2.24, 2.45) is 0 Å². The molecule has 3 heterocycles. The van der Waals surface area contributed by atoms with Crippen LogP contribution in [0.25, 0.3) is 5.57 Å². The summed E-state index contributed by atoms with van der Waals surface area (Å²) in [5, 5.41) is 7.96. The van der Waals surface area contributed by atoms with E-state index < -0.39 is 52.5 Å². The van der Waals surface area contributed by atoms with Crippen LogP contribution in [0.2, 0.25) is 10.0 Å². The van der Waals surface area contributed by atoms with Gasteiger partial charge in [-0.15, -0.1) is 23.4 Å². The highest BCUT2D eigenvalue weighted by Gasteiger charge is 2.60. The molecule has 2 aliphatic heterocycles. The van der Waals surface area contributed by atoms with Gasteiger partial charge in [0.15, 0.2) is 17.3 Å². The first-order valence-corrected chi connectivity index (χ1v) is 19.3. The van der Waals surface area contributed by atoms with Crippen LogP contribution in [0.1, 0.15) is 22.1 Å². The standard InChI is InChI=1S/C33H26Cl3N5O6S3/c34-14-25(42)39-32-37-15-24(49-32)21-17-50(46)31-27(38-26(43)16-48-20-11-12-22(35)23(36)13-20)30(44)41(31)29(21)40-33(45)47-28(18-7-3-1-4-8-18)19-9-5-2-6-10-19/h1-13,15,27-28,31H,14,16-17H2,(H,38,43)(H,40,45)(H,37,39,42). The maximum atomic E-state index is 13.7. The molecule has 1 fully saturated rings. The molecule has 1 aromatic heterocycles. The summed E-state index contributed by atoms with van der Waals surface area (Å²) in [4.78, 5) is 58.7. The molecule has 2 aliphatic rings. The number of amides is 4. The molecule has 0 bridgehead atoms. The van der Waals surface area contributed by atoms with E-state index in [1.165, 1.54) is 22.9 Å². The summed E-state index contributed by atoms with van der Waals surface area (Å²) < 4.78 is 19.6. The highest BCUT2D eigenvalue weighted by molar-refractivity contribution is 8.00. The van der Waals surface area contributed by atoms with Gasteiger partial charge < -0.3 is 19.9 Å². The van der Waals surface area contributed by atoms with Crippen LogP contribution in [0.15, 0.2) is 95.8 Å². The lowest BCUT2D eigenvalue weighted by atomic mass is 10.0. The monoisotopic (exact) mass is 789 g/mol. The van der Waals surface area contributed by atoms with Crippen molar-refractivity contribution in [2.75, 3.05) is 22.7 Å². The Morgan fingerprint density at radius 1 is 1.00 bits per heavy atom. The third-order valence-corrected chi connectivity index (χ3v) is 12.1. The van der Waals surface area contributed by atoms with Crippen LogP contribution in [0, 0.1) is 0 Å². The maximum Gasteiger partial charge on any atom is 0.413 e. The molecule has 6 rings (SSSR count). The molecule has 4 amide bonds. The normalized spacial score (nSPS) is 18.3. The van der Waals surface area contributed by atoms with Gasteiger partial charge in [-0.05, 0) is 40.5 Å². The highest BCUT2D eigenvalue weighted by Crippen LogP contribution is 2.41. The summed E-state index contributed by atoms with van der Waals surface area (Å²) in [7, 11) is 0. The molecule has 17 heteroatoms. The van der Waals surface area contributed by atoms with Crippen molar-refractivity contribution in [2.45, 2.75) is 22.4 Å². The number of hydrogen-bond acceptors (Lipinski definition) is 9. The molecule has 3 unspecified atom stereocenters. The van der Waals surface area contributed by atoms with Crippen molar-refractivity contribution in [3.63, 3.8) is 0 Å². The number of halogens is 3. The van der Waals surface area contributed by atoms with Gasteiger partial charge in [-0.2, -0.15) is 0 Å². The van der Waals surface area contributed by atoms with Crippen molar-refractivity contribution in [3.8, 4) is 0 Å². The Balaban J connectivity index is 1.25. The smallest absolute Gasteiger partial charge is 0.413 e. The molecule has 3 N–H and O–H groups in total. The number of nitrogens with one attached hydrogen (secondary N) is 3. The van der Waals surface area contributed by atoms with Gasteiger partial charge in [0.2, 0.25) is 17.2 Å². The van der Waals surface area contributed by atoms with Gasteiger partial charge in [0.25, 0.3) is 5.91 Å². The topological polar surface area (TPSA) is 153 Å². The molecule has 50 heavy (non-hydrogen) atoms. The van der Waals surface area contributed by atoms with Crippen LogP contribution in [0.5, 0.6) is 0 Å². The predicted molar refractivity (Wildman–Crippen MR) is 195 cm³/mol. The number of aromatic nitrogens is 1. The number of carbonyl (C=O) groups excluding carboxylic acids is 4. The number of anilines is 1. The number of nitrogens with zero attached hydrogens (tertiary/aromatic N) is 2. The van der Waals surface area contributed by atoms with Gasteiger partial charge in [-0.3, -0.25) is 19.7 Å². The molecule has 0 aliphatic carbocycles. The van der Waals surface area contributed by atoms with Crippen LogP contribution in [-0.2, 0) is 30.3 Å². The predicted octanol–water partition coefficient (Wildman–Crippen LogP) is 6.02. The Kier molecular flexibility index (Phi) is 11.6. The number of alkyl carbamates (subject to hydrolysis) is 1. The summed E-state index contributed by atoms with van der Waals surface area (Å²) in [5.74, 6) is -1.90. The highest BCUT2D eigenvalue weighted by atomic mass is 35.5. The van der Waals surface area contributed by atoms with Crippen LogP contribution < -0.4 is 16.0 Å². The molecule has 0 saturated carbocycles. The molecule has 4 aromatic rings. The van der Waals surface area contributed by atoms with Crippen molar-refractivity contribution in [1.29, 1.82) is 0 Å². The summed E-state index contributed by atoms with van der Waals surface area (Å²) in [6.45, 7) is 0. The Hall–Kier alpha value is -3.76. The first-order valence-electron chi connectivity index (χ1n) is 14.8. The molecule has 11 nitrogen and oxygen atoms in total. The molecule has 3 aromatic carbocycles. The third-order valence-electron chi connectivity index (χ3n) is 7.52. The van der Waals surface area contributed by atoms with Crippen LogP contribution in [0.4, 0.5) is 9.93 Å². The van der Waals surface area contributed by atoms with Gasteiger partial charge in [-0.1, -0.05) is 95.2 Å². The zero-order valence-electron chi connectivity index (χ0n) is 25.6. The van der Waals surface area contributed by atoms with E-state index in [9.17, 15) is 23.7 Å². The quantitative estimate of drug-likeness (QED) is 0.0723. The maximum absolute atomic E-state index is 13.7. The number of hydrogen-bond donors (Lipinski definition) is 3. The zero-order chi connectivity index (χ0) is 35.4. The number of β-lactam (4-membered cyclic amide) rings is 1. The Bertz CT molecular complexity index is 1910. The fourth-order valence-corrected chi connectivity index (χ4v) is 9.06. The number of carbonyl (C=O) groups is 4. The fraction of sp³-hybridized carbons (Fsp3) is 0.182. The van der Waals surface area contributed by atoms with E-state index >= 15 is 0 Å². The fourth-order valence-electron chi connectivity index (χ4n) is 5.24. The minimum absolute atomic E-state index is 0.0408. The number of rotatable bonds is 11. The van der Waals surface area contributed by atoms with Crippen LogP contribution in [-0.4, -0.2) is 67.1 Å². The lowest BCUT2D eigenvalue weighted by Crippen LogP contribution is -2.75. The molecule has 258 valence electrons. The first-order chi connectivity index (χ1) is 24.1. The van der Waals surface area contributed by atoms with Gasteiger partial charge in [0.1, 0.15) is 17.5 Å². The van der Waals surface area contributed by atoms with E-state index in [1.54, 1.807) is 18.2 Å². The molecule has 0 spiro atoms. The summed E-state index contributed by atoms with van der Waals surface area (Å²) in [6.07, 6.45) is -0.224. The van der Waals surface area contributed by atoms with Crippen molar-refractivity contribution in [3.05, 3.63) is 117 Å². The van der Waals surface area contributed by atoms with Gasteiger partial charge in [-0.25, -0.2) is 14.7 Å². The van der Waals surface area contributed by atoms with Gasteiger partial charge in [0, 0.05) is 11.1 Å². The second kappa shape index (κ2) is 16.1. The van der Waals surface area contributed by atoms with Crippen LogP contribution >= 0.6 is 57.9 Å². The number of ether oxygens (including phenoxy) is 1. The molecule has 3 atom stereocenters. The second-order valence-electron chi connectivity index (χ2n) is 10.8. The second-order valence-corrected chi connectivity index (χ2v) is 15.5. The SMILES string of the molecule is O=C(CCl)Nc1ncc(C2=C(NC(=O)OC(c3ccccc3)c3ccccc3)N3C(=O)C(NC(=O)CSc4ccc(Cl)c(Cl)c4)C3[S+]([O-])C2)s1. The average molecular weight is 791 g/mol. The van der Waals surface area contributed by atoms with E-state index in [0.717, 1.165) is 11.3 Å². The van der Waals surface area contributed by atoms with E-state index in [0.29, 0.717) is 36.5 Å². The lowest BCUT2D eigenvalue weighted by Gasteiger charge is -2.49. The largest absolute Gasteiger partial charge is 0.614 e. The van der Waals surface area contributed by atoms with E-state index in [-0.39, 0.29) is 28.3 Å². The van der Waals surface area contributed by atoms with E-state index in [1.807, 2.05) is 60.7 Å². The van der Waals surface area contributed by atoms with E-state index in [4.69, 9.17) is 39.5 Å². The summed E-state index contributed by atoms with van der Waals surface area (Å²) in [5.41, 5.74) is 1.77. The molecular weight excluding hydrogens is 765 g/mol.